The molecule has 0 radical (unpaired) electrons. The molecular weight excluding hydrogens is 264 g/mol. The largest absolute Gasteiger partial charge is 0.399 e. The molecule has 0 fully saturated rings. The number of anilines is 2. The van der Waals surface area contributed by atoms with Crippen LogP contribution in [0, 0.1) is 13.8 Å². The molecule has 1 aromatic carbocycles. The fraction of sp³-hybridized carbons (Fsp3) is 0.250. The van der Waals surface area contributed by atoms with Crippen LogP contribution in [-0.2, 0) is 17.1 Å². The van der Waals surface area contributed by atoms with Crippen LogP contribution in [0.5, 0.6) is 0 Å². The minimum Gasteiger partial charge on any atom is -0.399 e. The molecule has 0 saturated carbocycles. The molecule has 2 aromatic rings. The van der Waals surface area contributed by atoms with Crippen molar-refractivity contribution in [3.63, 3.8) is 0 Å². The lowest BCUT2D eigenvalue weighted by Crippen LogP contribution is -2.15. The molecular formula is C12H16N4O2S. The van der Waals surface area contributed by atoms with Crippen molar-refractivity contribution < 1.29 is 8.42 Å². The van der Waals surface area contributed by atoms with Gasteiger partial charge in [-0.2, -0.15) is 5.10 Å². The van der Waals surface area contributed by atoms with Crippen LogP contribution in [0.15, 0.2) is 29.2 Å². The Hall–Kier alpha value is -2.02. The number of hydrogen-bond donors (Lipinski definition) is 2. The molecule has 0 bridgehead atoms. The topological polar surface area (TPSA) is 90.0 Å². The van der Waals surface area contributed by atoms with Crippen molar-refractivity contribution in [3.8, 4) is 0 Å². The summed E-state index contributed by atoms with van der Waals surface area (Å²) in [5.74, 6) is 0.423. The summed E-state index contributed by atoms with van der Waals surface area (Å²) >= 11 is 0. The van der Waals surface area contributed by atoms with Crippen LogP contribution >= 0.6 is 0 Å². The van der Waals surface area contributed by atoms with Gasteiger partial charge in [0, 0.05) is 18.8 Å². The van der Waals surface area contributed by atoms with Gasteiger partial charge < -0.3 is 5.73 Å². The predicted octanol–water partition coefficient (Wildman–Crippen LogP) is 1.42. The van der Waals surface area contributed by atoms with Crippen molar-refractivity contribution in [2.24, 2.45) is 7.05 Å². The number of benzene rings is 1. The standard InChI is InChI=1S/C12H16N4O2S/c1-8-6-10(4-5-11(8)13)19(17,18)15-12-7-9(2)14-16(12)3/h4-7,15H,13H2,1-3H3. The predicted molar refractivity (Wildman–Crippen MR) is 74.3 cm³/mol. The van der Waals surface area contributed by atoms with Crippen molar-refractivity contribution in [2.75, 3.05) is 10.5 Å². The zero-order valence-electron chi connectivity index (χ0n) is 11.0. The Morgan fingerprint density at radius 1 is 1.26 bits per heavy atom. The van der Waals surface area contributed by atoms with Crippen LogP contribution in [0.4, 0.5) is 11.5 Å². The quantitative estimate of drug-likeness (QED) is 0.832. The summed E-state index contributed by atoms with van der Waals surface area (Å²) in [5.41, 5.74) is 7.72. The van der Waals surface area contributed by atoms with Crippen LogP contribution in [-0.4, -0.2) is 18.2 Å². The lowest BCUT2D eigenvalue weighted by Gasteiger charge is -2.09. The van der Waals surface area contributed by atoms with Gasteiger partial charge >= 0.3 is 0 Å². The molecule has 6 nitrogen and oxygen atoms in total. The highest BCUT2D eigenvalue weighted by Crippen LogP contribution is 2.20. The van der Waals surface area contributed by atoms with Gasteiger partial charge in [0.05, 0.1) is 10.6 Å². The molecule has 7 heteroatoms. The highest BCUT2D eigenvalue weighted by molar-refractivity contribution is 7.92. The summed E-state index contributed by atoms with van der Waals surface area (Å²) in [6.07, 6.45) is 0. The van der Waals surface area contributed by atoms with Crippen molar-refractivity contribution in [3.05, 3.63) is 35.5 Å². The SMILES string of the molecule is Cc1cc(NS(=O)(=O)c2ccc(N)c(C)c2)n(C)n1. The monoisotopic (exact) mass is 280 g/mol. The number of nitrogens with two attached hydrogens (primary N) is 1. The second-order valence-corrected chi connectivity index (χ2v) is 6.10. The third-order valence-electron chi connectivity index (χ3n) is 2.79. The first-order valence-corrected chi connectivity index (χ1v) is 7.17. The summed E-state index contributed by atoms with van der Waals surface area (Å²) < 4.78 is 28.5. The van der Waals surface area contributed by atoms with E-state index in [0.717, 1.165) is 11.3 Å². The first kappa shape index (κ1) is 13.4. The van der Waals surface area contributed by atoms with Crippen LogP contribution < -0.4 is 10.5 Å². The van der Waals surface area contributed by atoms with Gasteiger partial charge in [0.15, 0.2) is 0 Å². The zero-order valence-corrected chi connectivity index (χ0v) is 11.8. The Labute approximate surface area is 112 Å². The highest BCUT2D eigenvalue weighted by atomic mass is 32.2. The molecule has 0 unspecified atom stereocenters. The van der Waals surface area contributed by atoms with Crippen molar-refractivity contribution in [2.45, 2.75) is 18.7 Å². The van der Waals surface area contributed by atoms with E-state index < -0.39 is 10.0 Å². The molecule has 2 rings (SSSR count). The molecule has 0 amide bonds. The number of hydrogen-bond acceptors (Lipinski definition) is 4. The highest BCUT2D eigenvalue weighted by Gasteiger charge is 2.17. The van der Waals surface area contributed by atoms with Crippen molar-refractivity contribution in [1.82, 2.24) is 9.78 Å². The lowest BCUT2D eigenvalue weighted by molar-refractivity contribution is 0.600. The van der Waals surface area contributed by atoms with Gasteiger partial charge in [-0.15, -0.1) is 0 Å². The second-order valence-electron chi connectivity index (χ2n) is 4.42. The van der Waals surface area contributed by atoms with Gasteiger partial charge in [0.25, 0.3) is 10.0 Å². The van der Waals surface area contributed by atoms with E-state index in [1.54, 1.807) is 39.1 Å². The number of aromatic nitrogens is 2. The third-order valence-corrected chi connectivity index (χ3v) is 4.14. The normalized spacial score (nSPS) is 11.5. The number of sulfonamides is 1. The van der Waals surface area contributed by atoms with Crippen molar-refractivity contribution in [1.29, 1.82) is 0 Å². The van der Waals surface area contributed by atoms with Crippen LogP contribution in [0.25, 0.3) is 0 Å². The third kappa shape index (κ3) is 2.70. The van der Waals surface area contributed by atoms with E-state index >= 15 is 0 Å². The van der Waals surface area contributed by atoms with E-state index in [-0.39, 0.29) is 4.90 Å². The number of aryl methyl sites for hydroxylation is 3. The molecule has 0 atom stereocenters. The van der Waals surface area contributed by atoms with Crippen LogP contribution in [0.3, 0.4) is 0 Å². The number of rotatable bonds is 3. The smallest absolute Gasteiger partial charge is 0.263 e. The molecule has 0 aliphatic carbocycles. The molecule has 3 N–H and O–H groups in total. The minimum atomic E-state index is -3.63. The van der Waals surface area contributed by atoms with Gasteiger partial charge in [-0.05, 0) is 37.6 Å². The molecule has 1 aromatic heterocycles. The summed E-state index contributed by atoms with van der Waals surface area (Å²) in [6, 6.07) is 6.27. The first-order valence-electron chi connectivity index (χ1n) is 5.69. The number of nitrogens with one attached hydrogen (secondary N) is 1. The second kappa shape index (κ2) is 4.58. The van der Waals surface area contributed by atoms with E-state index in [9.17, 15) is 8.42 Å². The molecule has 0 aliphatic heterocycles. The van der Waals surface area contributed by atoms with E-state index in [1.165, 1.54) is 10.7 Å². The Bertz CT molecular complexity index is 719. The Morgan fingerprint density at radius 2 is 1.95 bits per heavy atom. The average molecular weight is 280 g/mol. The van der Waals surface area contributed by atoms with E-state index in [4.69, 9.17) is 5.73 Å². The first-order chi connectivity index (χ1) is 8.79. The summed E-state index contributed by atoms with van der Waals surface area (Å²) in [7, 11) is -1.95. The molecule has 19 heavy (non-hydrogen) atoms. The summed E-state index contributed by atoms with van der Waals surface area (Å²) in [4.78, 5) is 0.179. The Balaban J connectivity index is 2.37. The van der Waals surface area contributed by atoms with Crippen molar-refractivity contribution >= 4 is 21.5 Å². The van der Waals surface area contributed by atoms with Gasteiger partial charge in [0.1, 0.15) is 5.82 Å². The maximum atomic E-state index is 12.2. The molecule has 0 saturated heterocycles. The van der Waals surface area contributed by atoms with Gasteiger partial charge in [0.2, 0.25) is 0 Å². The average Bonchev–Trinajstić information content (AvgIpc) is 2.60. The maximum Gasteiger partial charge on any atom is 0.263 e. The van der Waals surface area contributed by atoms with Gasteiger partial charge in [-0.1, -0.05) is 0 Å². The van der Waals surface area contributed by atoms with Crippen LogP contribution in [0.1, 0.15) is 11.3 Å². The van der Waals surface area contributed by atoms with E-state index in [1.807, 2.05) is 0 Å². The number of nitrogens with zero attached hydrogens (tertiary/aromatic N) is 2. The molecule has 0 spiro atoms. The summed E-state index contributed by atoms with van der Waals surface area (Å²) in [5, 5.41) is 4.09. The Morgan fingerprint density at radius 3 is 2.47 bits per heavy atom. The lowest BCUT2D eigenvalue weighted by atomic mass is 10.2. The van der Waals surface area contributed by atoms with Gasteiger partial charge in [-0.25, -0.2) is 8.42 Å². The van der Waals surface area contributed by atoms with E-state index in [2.05, 4.69) is 9.82 Å². The Kier molecular flexibility index (Phi) is 3.23. The number of nitrogen functional groups attached to an aromatic ring is 1. The fourth-order valence-corrected chi connectivity index (χ4v) is 2.88. The maximum absolute atomic E-state index is 12.2. The van der Waals surface area contributed by atoms with Gasteiger partial charge in [-0.3, -0.25) is 9.40 Å². The van der Waals surface area contributed by atoms with E-state index in [0.29, 0.717) is 11.5 Å². The minimum absolute atomic E-state index is 0.179. The molecule has 0 aliphatic rings. The molecule has 1 heterocycles. The fourth-order valence-electron chi connectivity index (χ4n) is 1.72. The molecule has 102 valence electrons. The summed E-state index contributed by atoms with van der Waals surface area (Å²) in [6.45, 7) is 3.56. The zero-order chi connectivity index (χ0) is 14.2. The van der Waals surface area contributed by atoms with Crippen LogP contribution in [0.2, 0.25) is 0 Å².